The Morgan fingerprint density at radius 3 is 2.70 bits per heavy atom. The molecule has 1 unspecified atom stereocenters. The minimum absolute atomic E-state index is 0.382. The summed E-state index contributed by atoms with van der Waals surface area (Å²) >= 11 is 0. The van der Waals surface area contributed by atoms with Crippen molar-refractivity contribution >= 4 is 0 Å². The van der Waals surface area contributed by atoms with E-state index in [2.05, 4.69) is 4.98 Å². The molecule has 0 aliphatic carbocycles. The number of pyridine rings is 1. The molecule has 1 atom stereocenters. The molecule has 2 aromatic rings. The van der Waals surface area contributed by atoms with Gasteiger partial charge in [-0.3, -0.25) is 0 Å². The van der Waals surface area contributed by atoms with Crippen LogP contribution in [-0.2, 0) is 6.61 Å². The van der Waals surface area contributed by atoms with Gasteiger partial charge in [-0.15, -0.1) is 0 Å². The third-order valence-electron chi connectivity index (χ3n) is 3.00. The molecule has 1 heterocycles. The summed E-state index contributed by atoms with van der Waals surface area (Å²) in [7, 11) is 0. The van der Waals surface area contributed by atoms with E-state index in [9.17, 15) is 5.11 Å². The molecule has 0 bridgehead atoms. The number of rotatable bonds is 5. The lowest BCUT2D eigenvalue weighted by Crippen LogP contribution is -1.98. The lowest BCUT2D eigenvalue weighted by Gasteiger charge is -2.10. The molecule has 4 nitrogen and oxygen atoms in total. The predicted molar refractivity (Wildman–Crippen MR) is 75.0 cm³/mol. The van der Waals surface area contributed by atoms with Gasteiger partial charge in [-0.2, -0.15) is 5.26 Å². The summed E-state index contributed by atoms with van der Waals surface area (Å²) < 4.78 is 5.64. The fourth-order valence-corrected chi connectivity index (χ4v) is 1.81. The zero-order valence-electron chi connectivity index (χ0n) is 11.3. The molecule has 0 fully saturated rings. The van der Waals surface area contributed by atoms with Crippen molar-refractivity contribution in [3.8, 4) is 11.8 Å². The van der Waals surface area contributed by atoms with Gasteiger partial charge in [0, 0.05) is 6.20 Å². The Morgan fingerprint density at radius 2 is 2.05 bits per heavy atom. The maximum absolute atomic E-state index is 9.71. The number of benzene rings is 1. The molecule has 4 heteroatoms. The van der Waals surface area contributed by atoms with Crippen LogP contribution in [0.3, 0.4) is 0 Å². The second-order valence-corrected chi connectivity index (χ2v) is 4.44. The molecule has 0 saturated heterocycles. The third-order valence-corrected chi connectivity index (χ3v) is 3.00. The van der Waals surface area contributed by atoms with Crippen LogP contribution in [0.4, 0.5) is 0 Å². The van der Waals surface area contributed by atoms with Crippen molar-refractivity contribution in [2.24, 2.45) is 0 Å². The van der Waals surface area contributed by atoms with Crippen LogP contribution in [0.25, 0.3) is 0 Å². The van der Waals surface area contributed by atoms with Crippen LogP contribution < -0.4 is 4.74 Å². The molecule has 0 spiro atoms. The highest BCUT2D eigenvalue weighted by molar-refractivity contribution is 5.29. The van der Waals surface area contributed by atoms with E-state index >= 15 is 0 Å². The third kappa shape index (κ3) is 3.56. The number of aliphatic hydroxyl groups is 1. The van der Waals surface area contributed by atoms with Gasteiger partial charge in [-0.05, 0) is 41.8 Å². The minimum Gasteiger partial charge on any atom is -0.489 e. The van der Waals surface area contributed by atoms with Gasteiger partial charge in [-0.1, -0.05) is 19.1 Å². The number of aliphatic hydroxyl groups excluding tert-OH is 1. The van der Waals surface area contributed by atoms with Crippen molar-refractivity contribution in [2.75, 3.05) is 0 Å². The van der Waals surface area contributed by atoms with Crippen LogP contribution in [-0.4, -0.2) is 10.1 Å². The van der Waals surface area contributed by atoms with Crippen molar-refractivity contribution in [1.82, 2.24) is 4.98 Å². The SMILES string of the molecule is CCC(O)c1ccc(OCc2ccnc(C#N)c2)cc1. The average molecular weight is 268 g/mol. The van der Waals surface area contributed by atoms with E-state index in [1.807, 2.05) is 43.3 Å². The number of hydrogen-bond acceptors (Lipinski definition) is 4. The molecule has 102 valence electrons. The Labute approximate surface area is 118 Å². The van der Waals surface area contributed by atoms with Gasteiger partial charge in [-0.25, -0.2) is 4.98 Å². The molecule has 0 aliphatic heterocycles. The monoisotopic (exact) mass is 268 g/mol. The maximum atomic E-state index is 9.71. The largest absolute Gasteiger partial charge is 0.489 e. The van der Waals surface area contributed by atoms with E-state index < -0.39 is 6.10 Å². The molecular weight excluding hydrogens is 252 g/mol. The van der Waals surface area contributed by atoms with Crippen LogP contribution in [0, 0.1) is 11.3 Å². The fraction of sp³-hybridized carbons (Fsp3) is 0.250. The minimum atomic E-state index is -0.428. The van der Waals surface area contributed by atoms with E-state index in [-0.39, 0.29) is 0 Å². The van der Waals surface area contributed by atoms with Gasteiger partial charge in [0.05, 0.1) is 6.10 Å². The first kappa shape index (κ1) is 14.0. The molecule has 2 rings (SSSR count). The zero-order chi connectivity index (χ0) is 14.4. The van der Waals surface area contributed by atoms with Crippen molar-refractivity contribution < 1.29 is 9.84 Å². The molecule has 1 N–H and O–H groups in total. The Hall–Kier alpha value is -2.38. The van der Waals surface area contributed by atoms with Crippen LogP contribution in [0.15, 0.2) is 42.6 Å². The Morgan fingerprint density at radius 1 is 1.30 bits per heavy atom. The highest BCUT2D eigenvalue weighted by atomic mass is 16.5. The number of aromatic nitrogens is 1. The molecule has 20 heavy (non-hydrogen) atoms. The second kappa shape index (κ2) is 6.69. The summed E-state index contributed by atoms with van der Waals surface area (Å²) in [4.78, 5) is 3.91. The second-order valence-electron chi connectivity index (χ2n) is 4.44. The summed E-state index contributed by atoms with van der Waals surface area (Å²) in [5.41, 5.74) is 2.16. The molecule has 0 saturated carbocycles. The van der Waals surface area contributed by atoms with E-state index in [0.29, 0.717) is 18.7 Å². The van der Waals surface area contributed by atoms with Crippen LogP contribution in [0.1, 0.15) is 36.3 Å². The zero-order valence-corrected chi connectivity index (χ0v) is 11.3. The van der Waals surface area contributed by atoms with Crippen molar-refractivity contribution in [3.63, 3.8) is 0 Å². The normalized spacial score (nSPS) is 11.7. The van der Waals surface area contributed by atoms with Crippen molar-refractivity contribution in [2.45, 2.75) is 26.1 Å². The highest BCUT2D eigenvalue weighted by Crippen LogP contribution is 2.20. The number of nitrogens with zero attached hydrogens (tertiary/aromatic N) is 2. The Kier molecular flexibility index (Phi) is 4.70. The lowest BCUT2D eigenvalue weighted by atomic mass is 10.1. The quantitative estimate of drug-likeness (QED) is 0.905. The van der Waals surface area contributed by atoms with Gasteiger partial charge < -0.3 is 9.84 Å². The predicted octanol–water partition coefficient (Wildman–Crippen LogP) is 2.98. The average Bonchev–Trinajstić information content (AvgIpc) is 2.53. The van der Waals surface area contributed by atoms with Gasteiger partial charge in [0.1, 0.15) is 24.1 Å². The highest BCUT2D eigenvalue weighted by Gasteiger charge is 2.04. The standard InChI is InChI=1S/C16H16N2O2/c1-2-16(19)13-3-5-15(6-4-13)20-11-12-7-8-18-14(9-12)10-17/h3-9,16,19H,2,11H2,1H3. The van der Waals surface area contributed by atoms with E-state index in [1.54, 1.807) is 12.3 Å². The molecule has 1 aromatic heterocycles. The summed E-state index contributed by atoms with van der Waals surface area (Å²) in [5, 5.41) is 18.5. The van der Waals surface area contributed by atoms with Gasteiger partial charge in [0.2, 0.25) is 0 Å². The Bertz CT molecular complexity index is 603. The molecular formula is C16H16N2O2. The first-order chi connectivity index (χ1) is 9.72. The van der Waals surface area contributed by atoms with Gasteiger partial charge in [0.25, 0.3) is 0 Å². The number of hydrogen-bond donors (Lipinski definition) is 1. The molecule has 0 amide bonds. The maximum Gasteiger partial charge on any atom is 0.140 e. The van der Waals surface area contributed by atoms with Gasteiger partial charge >= 0.3 is 0 Å². The van der Waals surface area contributed by atoms with Crippen LogP contribution in [0.5, 0.6) is 5.75 Å². The summed E-state index contributed by atoms with van der Waals surface area (Å²) in [5.74, 6) is 0.729. The first-order valence-corrected chi connectivity index (χ1v) is 6.48. The number of ether oxygens (including phenoxy) is 1. The topological polar surface area (TPSA) is 66.1 Å². The van der Waals surface area contributed by atoms with Crippen molar-refractivity contribution in [3.05, 3.63) is 59.4 Å². The van der Waals surface area contributed by atoms with E-state index in [4.69, 9.17) is 10.00 Å². The van der Waals surface area contributed by atoms with Crippen LogP contribution in [0.2, 0.25) is 0 Å². The van der Waals surface area contributed by atoms with Crippen LogP contribution >= 0.6 is 0 Å². The Balaban J connectivity index is 1.98. The van der Waals surface area contributed by atoms with E-state index in [1.165, 1.54) is 0 Å². The number of nitriles is 1. The summed E-state index contributed by atoms with van der Waals surface area (Å²) in [6.07, 6.45) is 1.86. The summed E-state index contributed by atoms with van der Waals surface area (Å²) in [6.45, 7) is 2.32. The van der Waals surface area contributed by atoms with E-state index in [0.717, 1.165) is 16.9 Å². The molecule has 1 aromatic carbocycles. The lowest BCUT2D eigenvalue weighted by molar-refractivity contribution is 0.173. The fourth-order valence-electron chi connectivity index (χ4n) is 1.81. The molecule has 0 aliphatic rings. The molecule has 0 radical (unpaired) electrons. The smallest absolute Gasteiger partial charge is 0.140 e. The summed E-state index contributed by atoms with van der Waals surface area (Å²) in [6, 6.07) is 12.9. The first-order valence-electron chi connectivity index (χ1n) is 6.48. The van der Waals surface area contributed by atoms with Gasteiger partial charge in [0.15, 0.2) is 0 Å². The van der Waals surface area contributed by atoms with Crippen molar-refractivity contribution in [1.29, 1.82) is 5.26 Å².